The van der Waals surface area contributed by atoms with E-state index in [2.05, 4.69) is 33.8 Å². The van der Waals surface area contributed by atoms with Gasteiger partial charge in [0, 0.05) is 28.8 Å². The maximum atomic E-state index is 5.96. The molecular formula is C4H13IN6. The molecule has 0 radical (unpaired) electrons. The second-order valence-electron chi connectivity index (χ2n) is 2.84. The van der Waals surface area contributed by atoms with Gasteiger partial charge in [0.15, 0.2) is 5.79 Å². The van der Waals surface area contributed by atoms with Gasteiger partial charge in [0.25, 0.3) is 0 Å². The lowest BCUT2D eigenvalue weighted by Gasteiger charge is -2.31. The standard InChI is InChI=1S/C4H13IN6/c1-3(2)4(6)8-11(7)9-10(4)5/h3,8-9H,6-7H2,1-2H3. The summed E-state index contributed by atoms with van der Waals surface area (Å²) in [6.07, 6.45) is 0. The number of hydrogen-bond donors (Lipinski definition) is 4. The maximum Gasteiger partial charge on any atom is 0.164 e. The number of nitrogens with one attached hydrogen (secondary N) is 2. The molecule has 1 aliphatic heterocycles. The second-order valence-corrected chi connectivity index (χ2v) is 3.81. The first-order chi connectivity index (χ1) is 4.97. The van der Waals surface area contributed by atoms with Crippen molar-refractivity contribution in [3.63, 3.8) is 0 Å². The largest absolute Gasteiger partial charge is 0.298 e. The van der Waals surface area contributed by atoms with Gasteiger partial charge in [-0.2, -0.15) is 5.43 Å². The Labute approximate surface area is 79.6 Å². The summed E-state index contributed by atoms with van der Waals surface area (Å²) in [4.78, 5) is 0. The number of hydrogen-bond acceptors (Lipinski definition) is 6. The lowest BCUT2D eigenvalue weighted by Crippen LogP contribution is -2.62. The molecule has 1 unspecified atom stereocenters. The minimum absolute atomic E-state index is 0.250. The van der Waals surface area contributed by atoms with E-state index >= 15 is 0 Å². The normalized spacial score (nSPS) is 35.5. The van der Waals surface area contributed by atoms with Crippen LogP contribution in [0.3, 0.4) is 0 Å². The van der Waals surface area contributed by atoms with Gasteiger partial charge in [-0.3, -0.25) is 5.73 Å². The molecule has 0 aromatic heterocycles. The molecule has 1 rings (SSSR count). The zero-order chi connectivity index (χ0) is 8.65. The summed E-state index contributed by atoms with van der Waals surface area (Å²) >= 11 is 2.05. The molecule has 0 saturated carbocycles. The number of rotatable bonds is 1. The fourth-order valence-electron chi connectivity index (χ4n) is 0.795. The van der Waals surface area contributed by atoms with E-state index in [1.165, 1.54) is 5.23 Å². The highest BCUT2D eigenvalue weighted by Gasteiger charge is 2.42. The number of hydrazine groups is 4. The van der Waals surface area contributed by atoms with Gasteiger partial charge in [-0.1, -0.05) is 19.1 Å². The van der Waals surface area contributed by atoms with Crippen LogP contribution >= 0.6 is 22.9 Å². The highest BCUT2D eigenvalue weighted by atomic mass is 127. The summed E-state index contributed by atoms with van der Waals surface area (Å²) in [6.45, 7) is 4.03. The Bertz CT molecular complexity index is 152. The first kappa shape index (κ1) is 9.58. The van der Waals surface area contributed by atoms with Gasteiger partial charge in [0.05, 0.1) is 0 Å². The summed E-state index contributed by atoms with van der Waals surface area (Å²) in [6, 6.07) is 0. The zero-order valence-electron chi connectivity index (χ0n) is 6.50. The van der Waals surface area contributed by atoms with Crippen LogP contribution in [-0.2, 0) is 0 Å². The van der Waals surface area contributed by atoms with Crippen LogP contribution < -0.4 is 22.5 Å². The van der Waals surface area contributed by atoms with Crippen LogP contribution in [0.1, 0.15) is 13.8 Å². The molecule has 11 heavy (non-hydrogen) atoms. The highest BCUT2D eigenvalue weighted by molar-refractivity contribution is 14.1. The van der Waals surface area contributed by atoms with Crippen LogP contribution in [0.25, 0.3) is 0 Å². The first-order valence-electron chi connectivity index (χ1n) is 3.30. The predicted molar refractivity (Wildman–Crippen MR) is 49.9 cm³/mol. The van der Waals surface area contributed by atoms with E-state index in [1.807, 2.05) is 13.8 Å². The van der Waals surface area contributed by atoms with Gasteiger partial charge in [0.2, 0.25) is 0 Å². The van der Waals surface area contributed by atoms with E-state index in [0.29, 0.717) is 0 Å². The van der Waals surface area contributed by atoms with Crippen molar-refractivity contribution in [3.8, 4) is 0 Å². The molecule has 0 aromatic rings. The molecular weight excluding hydrogens is 259 g/mol. The Morgan fingerprint density at radius 1 is 1.55 bits per heavy atom. The lowest BCUT2D eigenvalue weighted by molar-refractivity contribution is 0.133. The Hall–Kier alpha value is 0.490. The van der Waals surface area contributed by atoms with Gasteiger partial charge in [-0.15, -0.1) is 8.76 Å². The summed E-state index contributed by atoms with van der Waals surface area (Å²) in [7, 11) is 0. The monoisotopic (exact) mass is 272 g/mol. The molecule has 66 valence electrons. The van der Waals surface area contributed by atoms with Crippen LogP contribution in [0, 0.1) is 5.92 Å². The van der Waals surface area contributed by atoms with Gasteiger partial charge in [-0.05, 0) is 0 Å². The number of nitrogens with zero attached hydrogens (tertiary/aromatic N) is 2. The van der Waals surface area contributed by atoms with Crippen molar-refractivity contribution in [3.05, 3.63) is 0 Å². The van der Waals surface area contributed by atoms with E-state index in [0.717, 1.165) is 0 Å². The van der Waals surface area contributed by atoms with Gasteiger partial charge >= 0.3 is 0 Å². The third-order valence-corrected chi connectivity index (χ3v) is 2.71. The fourth-order valence-corrected chi connectivity index (χ4v) is 1.69. The Balaban J connectivity index is 2.71. The van der Waals surface area contributed by atoms with Crippen molar-refractivity contribution in [1.29, 1.82) is 0 Å². The van der Waals surface area contributed by atoms with E-state index in [9.17, 15) is 0 Å². The van der Waals surface area contributed by atoms with E-state index in [4.69, 9.17) is 11.6 Å². The highest BCUT2D eigenvalue weighted by Crippen LogP contribution is 2.21. The van der Waals surface area contributed by atoms with Crippen molar-refractivity contribution in [2.75, 3.05) is 0 Å². The molecule has 0 spiro atoms. The smallest absolute Gasteiger partial charge is 0.164 e. The average Bonchev–Trinajstić information content (AvgIpc) is 2.08. The van der Waals surface area contributed by atoms with Gasteiger partial charge in [0.1, 0.15) is 0 Å². The first-order valence-corrected chi connectivity index (χ1v) is 4.27. The number of halogens is 1. The summed E-state index contributed by atoms with van der Waals surface area (Å²) in [5.41, 5.74) is 11.6. The minimum Gasteiger partial charge on any atom is -0.298 e. The van der Waals surface area contributed by atoms with Crippen molar-refractivity contribution >= 4 is 22.9 Å². The molecule has 0 amide bonds. The van der Waals surface area contributed by atoms with Crippen molar-refractivity contribution in [2.45, 2.75) is 19.6 Å². The van der Waals surface area contributed by atoms with Crippen LogP contribution in [0.4, 0.5) is 0 Å². The maximum absolute atomic E-state index is 5.96. The third kappa shape index (κ3) is 1.64. The van der Waals surface area contributed by atoms with Crippen molar-refractivity contribution in [1.82, 2.24) is 19.4 Å². The lowest BCUT2D eigenvalue weighted by atomic mass is 10.1. The molecule has 1 fully saturated rings. The SMILES string of the molecule is CC(C)C1(N)NN(N)NN1I. The molecule has 1 aliphatic rings. The quantitative estimate of drug-likeness (QED) is 0.279. The molecule has 0 bridgehead atoms. The molecule has 1 heterocycles. The van der Waals surface area contributed by atoms with E-state index in [-0.39, 0.29) is 5.92 Å². The molecule has 6 nitrogen and oxygen atoms in total. The molecule has 0 aliphatic carbocycles. The predicted octanol–water partition coefficient (Wildman–Crippen LogP) is -0.980. The Morgan fingerprint density at radius 3 is 2.27 bits per heavy atom. The topological polar surface area (TPSA) is 82.6 Å². The Kier molecular flexibility index (Phi) is 2.69. The van der Waals surface area contributed by atoms with E-state index < -0.39 is 5.79 Å². The summed E-state index contributed by atoms with van der Waals surface area (Å²) in [5, 5.41) is 1.24. The van der Waals surface area contributed by atoms with Crippen LogP contribution in [-0.4, -0.2) is 14.2 Å². The van der Waals surface area contributed by atoms with Crippen molar-refractivity contribution in [2.24, 2.45) is 17.5 Å². The Morgan fingerprint density at radius 2 is 2.09 bits per heavy atom. The number of nitrogens with two attached hydrogens (primary N) is 2. The van der Waals surface area contributed by atoms with Gasteiger partial charge < -0.3 is 0 Å². The average molecular weight is 272 g/mol. The minimum atomic E-state index is -0.616. The van der Waals surface area contributed by atoms with Crippen LogP contribution in [0.2, 0.25) is 0 Å². The fraction of sp³-hybridized carbons (Fsp3) is 1.00. The second kappa shape index (κ2) is 3.09. The third-order valence-electron chi connectivity index (χ3n) is 1.70. The zero-order valence-corrected chi connectivity index (χ0v) is 8.66. The van der Waals surface area contributed by atoms with Crippen LogP contribution in [0.5, 0.6) is 0 Å². The van der Waals surface area contributed by atoms with Crippen LogP contribution in [0.15, 0.2) is 0 Å². The molecule has 6 N–H and O–H groups in total. The molecule has 7 heteroatoms. The summed E-state index contributed by atoms with van der Waals surface area (Å²) in [5.74, 6) is 5.06. The summed E-state index contributed by atoms with van der Waals surface area (Å²) < 4.78 is 1.70. The molecule has 1 saturated heterocycles. The molecule has 0 aromatic carbocycles. The molecule has 1 atom stereocenters. The van der Waals surface area contributed by atoms with Gasteiger partial charge in [-0.25, -0.2) is 5.84 Å². The van der Waals surface area contributed by atoms with E-state index in [1.54, 1.807) is 3.22 Å². The van der Waals surface area contributed by atoms with Crippen molar-refractivity contribution < 1.29 is 0 Å².